The third kappa shape index (κ3) is 6.35. The molecule has 0 N–H and O–H groups in total. The first kappa shape index (κ1) is 19.3. The molecule has 0 aliphatic rings. The van der Waals surface area contributed by atoms with E-state index in [1.165, 1.54) is 11.1 Å². The normalized spacial score (nSPS) is 12.6. The molecule has 0 amide bonds. The van der Waals surface area contributed by atoms with Gasteiger partial charge in [-0.25, -0.2) is 4.98 Å². The second-order valence-corrected chi connectivity index (χ2v) is 9.00. The lowest BCUT2D eigenvalue weighted by atomic mass is 10.1. The van der Waals surface area contributed by atoms with Gasteiger partial charge in [-0.05, 0) is 54.4 Å². The van der Waals surface area contributed by atoms with Gasteiger partial charge in [0, 0.05) is 22.6 Å². The van der Waals surface area contributed by atoms with Crippen molar-refractivity contribution in [1.82, 2.24) is 9.97 Å². The summed E-state index contributed by atoms with van der Waals surface area (Å²) in [6.45, 7) is 1.98. The average molecular weight is 533 g/mol. The molecular weight excluding hydrogens is 502 g/mol. The van der Waals surface area contributed by atoms with Gasteiger partial charge in [-0.3, -0.25) is 4.98 Å². The zero-order valence-corrected chi connectivity index (χ0v) is 23.1. The van der Waals surface area contributed by atoms with E-state index in [4.69, 9.17) is 19.6 Å². The Bertz CT molecular complexity index is 1960. The molecule has 0 saturated heterocycles. The van der Waals surface area contributed by atoms with Gasteiger partial charge < -0.3 is 11.4 Å². The third-order valence-corrected chi connectivity index (χ3v) is 6.52. The highest BCUT2D eigenvalue weighted by Crippen LogP contribution is 2.25. The van der Waals surface area contributed by atoms with Crippen LogP contribution in [-0.4, -0.2) is 42.5 Å². The van der Waals surface area contributed by atoms with E-state index in [0.717, 1.165) is 44.7 Å². The van der Waals surface area contributed by atoms with Crippen LogP contribution < -0.4 is 11.4 Å². The van der Waals surface area contributed by atoms with Gasteiger partial charge in [-0.1, -0.05) is 78.8 Å². The Balaban J connectivity index is 0.000000187. The van der Waals surface area contributed by atoms with Gasteiger partial charge >= 0.3 is 32.5 Å². The second kappa shape index (κ2) is 12.6. The maximum Gasteiger partial charge on any atom is 0.881 e. The van der Waals surface area contributed by atoms with Gasteiger partial charge in [0.05, 0.1) is 14.0 Å². The van der Waals surface area contributed by atoms with Crippen molar-refractivity contribution in [3.63, 3.8) is 0 Å². The Morgan fingerprint density at radius 2 is 1.50 bits per heavy atom. The van der Waals surface area contributed by atoms with E-state index < -0.39 is 28.1 Å². The Morgan fingerprint density at radius 1 is 0.711 bits per heavy atom. The summed E-state index contributed by atoms with van der Waals surface area (Å²) < 4.78 is 62.5. The summed E-state index contributed by atoms with van der Waals surface area (Å²) in [5.74, 6) is 1.54. The smallest absolute Gasteiger partial charge is 0.649 e. The van der Waals surface area contributed by atoms with Crippen molar-refractivity contribution >= 4 is 54.3 Å². The van der Waals surface area contributed by atoms with Gasteiger partial charge in [-0.2, -0.15) is 0 Å². The number of benzene rings is 4. The summed E-state index contributed by atoms with van der Waals surface area (Å²) in [4.78, 5) is 8.36. The van der Waals surface area contributed by atoms with Crippen LogP contribution in [0, 0.1) is 6.92 Å². The quantitative estimate of drug-likeness (QED) is 0.225. The van der Waals surface area contributed by atoms with Crippen LogP contribution in [0.15, 0.2) is 121 Å². The molecule has 0 aliphatic carbocycles. The summed E-state index contributed by atoms with van der Waals surface area (Å²) in [7, 11) is 0. The van der Waals surface area contributed by atoms with Crippen LogP contribution >= 0.6 is 0 Å². The van der Waals surface area contributed by atoms with Crippen molar-refractivity contribution in [3.05, 3.63) is 127 Å². The van der Waals surface area contributed by atoms with E-state index in [9.17, 15) is 0 Å². The average Bonchev–Trinajstić information content (AvgIpc) is 3.04. The second-order valence-electron chi connectivity index (χ2n) is 8.05. The molecule has 5 nitrogen and oxygen atoms in total. The zero-order chi connectivity index (χ0) is 31.4. The number of rotatable bonds is 6. The molecule has 0 saturated carbocycles. The molecule has 0 unspecified atom stereocenters. The van der Waals surface area contributed by atoms with E-state index >= 15 is 0 Å². The van der Waals surface area contributed by atoms with Crippen molar-refractivity contribution < 1.29 is 19.6 Å². The molecule has 0 bridgehead atoms. The predicted molar refractivity (Wildman–Crippen MR) is 155 cm³/mol. The lowest BCUT2D eigenvalue weighted by Crippen LogP contribution is -2.11. The maximum absolute atomic E-state index is 7.74. The van der Waals surface area contributed by atoms with Crippen LogP contribution in [0.5, 0.6) is 17.2 Å². The van der Waals surface area contributed by atoms with Crippen LogP contribution in [0.3, 0.4) is 0 Å². The van der Waals surface area contributed by atoms with Crippen LogP contribution in [0.4, 0.5) is 0 Å². The fourth-order valence-electron chi connectivity index (χ4n) is 3.66. The van der Waals surface area contributed by atoms with Gasteiger partial charge in [-0.15, -0.1) is 0 Å². The molecular formula is C31H24Al2N2O3. The van der Waals surface area contributed by atoms with Crippen molar-refractivity contribution in [2.24, 2.45) is 0 Å². The van der Waals surface area contributed by atoms with Crippen LogP contribution in [0.1, 0.15) is 13.9 Å². The first-order valence-electron chi connectivity index (χ1n) is 14.7. The minimum atomic E-state index is -0.665. The Hall–Kier alpha value is -3.84. The molecule has 2 heterocycles. The molecule has 182 valence electrons. The maximum atomic E-state index is 7.74. The molecule has 2 aromatic heterocycles. The molecule has 7 heteroatoms. The molecule has 6 aromatic rings. The van der Waals surface area contributed by atoms with Gasteiger partial charge in [0.15, 0.2) is 0 Å². The summed E-state index contributed by atoms with van der Waals surface area (Å²) >= 11 is 0.420. The summed E-state index contributed by atoms with van der Waals surface area (Å²) in [6, 6.07) is 26.6. The summed E-state index contributed by atoms with van der Waals surface area (Å²) in [5.41, 5.74) is 4.23. The van der Waals surface area contributed by atoms with Gasteiger partial charge in [0.2, 0.25) is 0 Å². The van der Waals surface area contributed by atoms with E-state index in [2.05, 4.69) is 40.3 Å². The molecule has 0 spiro atoms. The molecule has 38 heavy (non-hydrogen) atoms. The number of aryl methyl sites for hydroxylation is 1. The van der Waals surface area contributed by atoms with E-state index in [0.29, 0.717) is 0 Å². The van der Waals surface area contributed by atoms with Crippen LogP contribution in [-0.2, 0) is 0 Å². The topological polar surface area (TPSA) is 53.5 Å². The fourth-order valence-corrected chi connectivity index (χ4v) is 4.48. The van der Waals surface area contributed by atoms with E-state index in [1.54, 1.807) is 0 Å². The standard InChI is InChI=1S/C12H10O.C10H9NO.C9H7NO.2Al.H/c13-12-8-6-11(7-9-12)10-4-2-1-3-5-10;1-7-5-6-8-3-2-4-9(12)10(8)11-7;11-8-5-1-3-7-4-2-6-10-9(7)8;;;/h1-9,13H;2-6,12H,1H3;1-6,11H;;;/q;;;+1;+2;/p-3/i;;1D,2D,3D,4D,5D,6D;;;. The lowest BCUT2D eigenvalue weighted by Gasteiger charge is -2.11. The Labute approximate surface area is 245 Å². The first-order chi connectivity index (χ1) is 21.2. The number of aromatic nitrogens is 2. The minimum Gasteiger partial charge on any atom is -0.649 e. The number of fused-ring (bicyclic) bond motifs is 2. The fraction of sp³-hybridized carbons (Fsp3) is 0.0323. The predicted octanol–water partition coefficient (Wildman–Crippen LogP) is 6.63. The Kier molecular flexibility index (Phi) is 6.39. The molecule has 4 aromatic carbocycles. The molecule has 0 aliphatic heterocycles. The summed E-state index contributed by atoms with van der Waals surface area (Å²) in [5, 5.41) is 1.04. The van der Waals surface area contributed by atoms with Crippen molar-refractivity contribution in [1.29, 1.82) is 0 Å². The van der Waals surface area contributed by atoms with Gasteiger partial charge in [0.25, 0.3) is 0 Å². The van der Waals surface area contributed by atoms with Crippen LogP contribution in [0.25, 0.3) is 32.9 Å². The van der Waals surface area contributed by atoms with E-state index in [1.807, 2.05) is 61.5 Å². The number of pyridine rings is 2. The lowest BCUT2D eigenvalue weighted by molar-refractivity contribution is 0.461. The molecule has 0 fully saturated rings. The van der Waals surface area contributed by atoms with Crippen molar-refractivity contribution in [3.8, 4) is 28.4 Å². The van der Waals surface area contributed by atoms with Crippen LogP contribution in [0.2, 0.25) is 0 Å². The monoisotopic (exact) mass is 532 g/mol. The van der Waals surface area contributed by atoms with Crippen molar-refractivity contribution in [2.45, 2.75) is 6.92 Å². The highest BCUT2D eigenvalue weighted by molar-refractivity contribution is 6.21. The minimum absolute atomic E-state index is 0.0157. The third-order valence-electron chi connectivity index (χ3n) is 5.51. The largest absolute Gasteiger partial charge is 0.881 e. The molecule has 6 rings (SSSR count). The van der Waals surface area contributed by atoms with E-state index in [-0.39, 0.29) is 40.8 Å². The number of para-hydroxylation sites is 2. The highest BCUT2D eigenvalue weighted by Gasteiger charge is 2.10. The summed E-state index contributed by atoms with van der Waals surface area (Å²) in [6.07, 6.45) is -0.411. The SMILES string of the molecule is Cc1ccc2cccc([O][Al][O]c3ccc(-c4ccccc4)cc3)c2n1.[2H]c1nc2c([O][AlH])c([2H])c([2H])c([2H])c2c([2H])c1[2H]. The number of hydrogen-bond donors (Lipinski definition) is 0. The zero-order valence-electron chi connectivity index (χ0n) is 26.5. The highest BCUT2D eigenvalue weighted by atomic mass is 27.2. The Morgan fingerprint density at radius 3 is 2.32 bits per heavy atom. The first-order valence-corrected chi connectivity index (χ1v) is 13.2. The van der Waals surface area contributed by atoms with Gasteiger partial charge in [0.1, 0.15) is 22.5 Å². The number of nitrogens with zero attached hydrogens (tertiary/aromatic N) is 2. The molecule has 2 radical (unpaired) electrons. The number of hydrogen-bond acceptors (Lipinski definition) is 5. The van der Waals surface area contributed by atoms with Crippen molar-refractivity contribution in [2.75, 3.05) is 0 Å². The molecule has 0 atom stereocenters.